The van der Waals surface area contributed by atoms with Crippen LogP contribution in [0.25, 0.3) is 10.8 Å². The van der Waals surface area contributed by atoms with Crippen LogP contribution in [0.2, 0.25) is 0 Å². The molecular formula is C18H14F2N2. The molecule has 0 aliphatic carbocycles. The molecule has 0 spiro atoms. The average molecular weight is 296 g/mol. The first-order valence-electron chi connectivity index (χ1n) is 6.88. The zero-order valence-electron chi connectivity index (χ0n) is 12.0. The van der Waals surface area contributed by atoms with Crippen molar-refractivity contribution in [3.8, 4) is 0 Å². The number of hydrazone groups is 1. The number of anilines is 1. The van der Waals surface area contributed by atoms with E-state index in [1.165, 1.54) is 12.1 Å². The van der Waals surface area contributed by atoms with Crippen LogP contribution in [0.5, 0.6) is 0 Å². The molecule has 0 saturated heterocycles. The Balaban J connectivity index is 1.86. The summed E-state index contributed by atoms with van der Waals surface area (Å²) in [4.78, 5) is 0. The van der Waals surface area contributed by atoms with Crippen LogP contribution in [-0.2, 0) is 0 Å². The standard InChI is InChI=1S/C18H14F2N2/c1-12(21-22-18-9-8-16(19)11-17(18)20)14-7-6-13-4-2-3-5-15(13)10-14/h2-11,22H,1H3/b21-12+. The molecule has 0 aromatic heterocycles. The summed E-state index contributed by atoms with van der Waals surface area (Å²) in [6, 6.07) is 17.4. The van der Waals surface area contributed by atoms with E-state index in [2.05, 4.69) is 10.5 Å². The van der Waals surface area contributed by atoms with Crippen molar-refractivity contribution in [2.75, 3.05) is 5.43 Å². The van der Waals surface area contributed by atoms with Crippen LogP contribution in [0, 0.1) is 11.6 Å². The third-order valence-electron chi connectivity index (χ3n) is 3.44. The van der Waals surface area contributed by atoms with Crippen LogP contribution in [-0.4, -0.2) is 5.71 Å². The van der Waals surface area contributed by atoms with Crippen LogP contribution in [0.1, 0.15) is 12.5 Å². The number of halogens is 2. The second kappa shape index (κ2) is 5.93. The maximum atomic E-state index is 13.5. The van der Waals surface area contributed by atoms with Gasteiger partial charge in [0.05, 0.1) is 11.4 Å². The molecule has 110 valence electrons. The molecule has 0 aliphatic heterocycles. The quantitative estimate of drug-likeness (QED) is 0.536. The van der Waals surface area contributed by atoms with Crippen LogP contribution >= 0.6 is 0 Å². The van der Waals surface area contributed by atoms with Crippen LogP contribution in [0.3, 0.4) is 0 Å². The number of rotatable bonds is 3. The summed E-state index contributed by atoms with van der Waals surface area (Å²) in [6.07, 6.45) is 0. The smallest absolute Gasteiger partial charge is 0.151 e. The first-order valence-corrected chi connectivity index (χ1v) is 6.88. The van der Waals surface area contributed by atoms with Gasteiger partial charge in [0.15, 0.2) is 5.82 Å². The summed E-state index contributed by atoms with van der Waals surface area (Å²) in [7, 11) is 0. The van der Waals surface area contributed by atoms with Gasteiger partial charge in [-0.1, -0.05) is 36.4 Å². The molecule has 22 heavy (non-hydrogen) atoms. The van der Waals surface area contributed by atoms with Crippen molar-refractivity contribution >= 4 is 22.2 Å². The molecule has 0 saturated carbocycles. The Bertz CT molecular complexity index is 857. The lowest BCUT2D eigenvalue weighted by Crippen LogP contribution is -2.01. The molecule has 1 N–H and O–H groups in total. The second-order valence-corrected chi connectivity index (χ2v) is 5.00. The first-order chi connectivity index (χ1) is 10.6. The SMILES string of the molecule is C/C(=N\Nc1ccc(F)cc1F)c1ccc2ccccc2c1. The van der Waals surface area contributed by atoms with Gasteiger partial charge in [-0.15, -0.1) is 0 Å². The molecule has 3 aromatic rings. The van der Waals surface area contributed by atoms with E-state index in [0.29, 0.717) is 0 Å². The molecule has 0 aliphatic rings. The highest BCUT2D eigenvalue weighted by Crippen LogP contribution is 2.18. The summed E-state index contributed by atoms with van der Waals surface area (Å²) in [6.45, 7) is 1.83. The van der Waals surface area contributed by atoms with E-state index in [1.54, 1.807) is 0 Å². The molecule has 0 bridgehead atoms. The Morgan fingerprint density at radius 2 is 1.68 bits per heavy atom. The Kier molecular flexibility index (Phi) is 3.83. The average Bonchev–Trinajstić information content (AvgIpc) is 2.53. The van der Waals surface area contributed by atoms with E-state index >= 15 is 0 Å². The molecule has 4 heteroatoms. The van der Waals surface area contributed by atoms with Crippen molar-refractivity contribution in [2.24, 2.45) is 5.10 Å². The van der Waals surface area contributed by atoms with Crippen LogP contribution in [0.4, 0.5) is 14.5 Å². The maximum absolute atomic E-state index is 13.5. The topological polar surface area (TPSA) is 24.4 Å². The summed E-state index contributed by atoms with van der Waals surface area (Å²) >= 11 is 0. The molecule has 0 fully saturated rings. The highest BCUT2D eigenvalue weighted by Gasteiger charge is 2.04. The van der Waals surface area contributed by atoms with Gasteiger partial charge < -0.3 is 0 Å². The Morgan fingerprint density at radius 3 is 2.45 bits per heavy atom. The van der Waals surface area contributed by atoms with Crippen molar-refractivity contribution in [3.05, 3.63) is 77.9 Å². The van der Waals surface area contributed by atoms with Crippen LogP contribution < -0.4 is 5.43 Å². The third kappa shape index (κ3) is 2.96. The highest BCUT2D eigenvalue weighted by atomic mass is 19.1. The molecular weight excluding hydrogens is 282 g/mol. The summed E-state index contributed by atoms with van der Waals surface area (Å²) < 4.78 is 26.4. The number of hydrogen-bond acceptors (Lipinski definition) is 2. The Labute approximate surface area is 127 Å². The molecule has 0 heterocycles. The fourth-order valence-corrected chi connectivity index (χ4v) is 2.20. The second-order valence-electron chi connectivity index (χ2n) is 5.00. The van der Waals surface area contributed by atoms with Gasteiger partial charge in [-0.25, -0.2) is 8.78 Å². The van der Waals surface area contributed by atoms with E-state index in [4.69, 9.17) is 0 Å². The van der Waals surface area contributed by atoms with Crippen molar-refractivity contribution < 1.29 is 8.78 Å². The monoisotopic (exact) mass is 296 g/mol. The minimum absolute atomic E-state index is 0.140. The Hall–Kier alpha value is -2.75. The minimum atomic E-state index is -0.671. The molecule has 3 aromatic carbocycles. The summed E-state index contributed by atoms with van der Waals surface area (Å²) in [5, 5.41) is 6.43. The van der Waals surface area contributed by atoms with Gasteiger partial charge in [-0.3, -0.25) is 5.43 Å². The number of benzene rings is 3. The fraction of sp³-hybridized carbons (Fsp3) is 0.0556. The number of nitrogens with zero attached hydrogens (tertiary/aromatic N) is 1. The lowest BCUT2D eigenvalue weighted by atomic mass is 10.0. The van der Waals surface area contributed by atoms with E-state index < -0.39 is 11.6 Å². The zero-order valence-corrected chi connectivity index (χ0v) is 12.0. The van der Waals surface area contributed by atoms with Gasteiger partial charge in [-0.2, -0.15) is 5.10 Å². The normalized spacial score (nSPS) is 11.7. The van der Waals surface area contributed by atoms with Crippen molar-refractivity contribution in [1.82, 2.24) is 0 Å². The lowest BCUT2D eigenvalue weighted by Gasteiger charge is -2.06. The summed E-state index contributed by atoms with van der Waals surface area (Å²) in [5.74, 6) is -1.28. The molecule has 3 rings (SSSR count). The molecule has 0 radical (unpaired) electrons. The van der Waals surface area contributed by atoms with Gasteiger partial charge in [0.2, 0.25) is 0 Å². The third-order valence-corrected chi connectivity index (χ3v) is 3.44. The Morgan fingerprint density at radius 1 is 0.909 bits per heavy atom. The molecule has 0 unspecified atom stereocenters. The van der Waals surface area contributed by atoms with Crippen molar-refractivity contribution in [3.63, 3.8) is 0 Å². The van der Waals surface area contributed by atoms with Gasteiger partial charge >= 0.3 is 0 Å². The van der Waals surface area contributed by atoms with Gasteiger partial charge in [-0.05, 0) is 41.5 Å². The van der Waals surface area contributed by atoms with E-state index in [-0.39, 0.29) is 5.69 Å². The number of fused-ring (bicyclic) bond motifs is 1. The first kappa shape index (κ1) is 14.2. The molecule has 0 atom stereocenters. The maximum Gasteiger partial charge on any atom is 0.151 e. The van der Waals surface area contributed by atoms with Gasteiger partial charge in [0.1, 0.15) is 5.82 Å². The molecule has 2 nitrogen and oxygen atoms in total. The van der Waals surface area contributed by atoms with Gasteiger partial charge in [0, 0.05) is 6.07 Å². The van der Waals surface area contributed by atoms with E-state index in [9.17, 15) is 8.78 Å². The largest absolute Gasteiger partial charge is 0.275 e. The summed E-state index contributed by atoms with van der Waals surface area (Å²) in [5.41, 5.74) is 4.43. The lowest BCUT2D eigenvalue weighted by molar-refractivity contribution is 0.585. The van der Waals surface area contributed by atoms with Crippen molar-refractivity contribution in [2.45, 2.75) is 6.92 Å². The highest BCUT2D eigenvalue weighted by molar-refractivity contribution is 6.02. The van der Waals surface area contributed by atoms with Crippen molar-refractivity contribution in [1.29, 1.82) is 0 Å². The zero-order chi connectivity index (χ0) is 15.5. The van der Waals surface area contributed by atoms with E-state index in [0.717, 1.165) is 28.1 Å². The fourth-order valence-electron chi connectivity index (χ4n) is 2.20. The van der Waals surface area contributed by atoms with Crippen LogP contribution in [0.15, 0.2) is 65.8 Å². The predicted molar refractivity (Wildman–Crippen MR) is 86.1 cm³/mol. The minimum Gasteiger partial charge on any atom is -0.275 e. The van der Waals surface area contributed by atoms with E-state index in [1.807, 2.05) is 49.4 Å². The predicted octanol–water partition coefficient (Wildman–Crippen LogP) is 4.95. The molecule has 0 amide bonds. The number of nitrogens with one attached hydrogen (secondary N) is 1. The van der Waals surface area contributed by atoms with Gasteiger partial charge in [0.25, 0.3) is 0 Å². The number of hydrogen-bond donors (Lipinski definition) is 1.